The number of likely N-dealkylation sites (tertiary alicyclic amines) is 1. The van der Waals surface area contributed by atoms with Gasteiger partial charge in [-0.15, -0.1) is 0 Å². The van der Waals surface area contributed by atoms with Gasteiger partial charge in [0.2, 0.25) is 5.91 Å². The van der Waals surface area contributed by atoms with Crippen molar-refractivity contribution in [1.29, 1.82) is 0 Å². The van der Waals surface area contributed by atoms with Gasteiger partial charge in [-0.3, -0.25) is 4.79 Å². The molecule has 1 fully saturated rings. The molecule has 0 spiro atoms. The van der Waals surface area contributed by atoms with Crippen LogP contribution in [0.3, 0.4) is 0 Å². The number of rotatable bonds is 11. The highest BCUT2D eigenvalue weighted by molar-refractivity contribution is 5.90. The molecule has 1 saturated heterocycles. The second-order valence-electron chi connectivity index (χ2n) is 10.4. The lowest BCUT2D eigenvalue weighted by Gasteiger charge is -2.32. The van der Waals surface area contributed by atoms with Gasteiger partial charge in [0.1, 0.15) is 0 Å². The minimum Gasteiger partial charge on any atom is -0.342 e. The van der Waals surface area contributed by atoms with E-state index in [9.17, 15) is 4.79 Å². The van der Waals surface area contributed by atoms with E-state index in [0.29, 0.717) is 12.3 Å². The van der Waals surface area contributed by atoms with Crippen LogP contribution in [0.25, 0.3) is 21.5 Å². The first kappa shape index (κ1) is 25.4. The van der Waals surface area contributed by atoms with Gasteiger partial charge in [-0.05, 0) is 90.0 Å². The zero-order valence-corrected chi connectivity index (χ0v) is 21.8. The van der Waals surface area contributed by atoms with E-state index in [1.165, 1.54) is 39.9 Å². The molecule has 1 aliphatic heterocycles. The van der Waals surface area contributed by atoms with Gasteiger partial charge >= 0.3 is 0 Å². The number of nitrogens with zero attached hydrogens (tertiary/aromatic N) is 1. The number of hydrogen-bond donors (Lipinski definition) is 2. The number of benzene rings is 4. The Labute approximate surface area is 221 Å². The Balaban J connectivity index is 0.933. The Morgan fingerprint density at radius 3 is 2.30 bits per heavy atom. The molecule has 0 radical (unpaired) electrons. The van der Waals surface area contributed by atoms with E-state index >= 15 is 0 Å². The molecular formula is C33H39N3O. The number of carbonyl (C=O) groups excluding carboxylic acids is 1. The molecular weight excluding hydrogens is 454 g/mol. The number of hydrogen-bond acceptors (Lipinski definition) is 3. The Hall–Kier alpha value is -3.21. The minimum atomic E-state index is 0.263. The van der Waals surface area contributed by atoms with Gasteiger partial charge in [0.25, 0.3) is 0 Å². The molecule has 5 rings (SSSR count). The summed E-state index contributed by atoms with van der Waals surface area (Å²) in [4.78, 5) is 15.0. The van der Waals surface area contributed by atoms with Crippen LogP contribution >= 0.6 is 0 Å². The van der Waals surface area contributed by atoms with Crippen molar-refractivity contribution in [2.24, 2.45) is 5.92 Å². The zero-order valence-electron chi connectivity index (χ0n) is 21.8. The van der Waals surface area contributed by atoms with Crippen molar-refractivity contribution in [2.45, 2.75) is 38.6 Å². The van der Waals surface area contributed by atoms with E-state index in [1.807, 2.05) is 0 Å². The maximum atomic E-state index is 13.0. The first-order chi connectivity index (χ1) is 18.3. The highest BCUT2D eigenvalue weighted by atomic mass is 16.2. The van der Waals surface area contributed by atoms with E-state index in [1.54, 1.807) is 0 Å². The number of amides is 1. The van der Waals surface area contributed by atoms with E-state index in [-0.39, 0.29) is 5.91 Å². The van der Waals surface area contributed by atoms with Crippen molar-refractivity contribution in [3.05, 3.63) is 96.1 Å². The van der Waals surface area contributed by atoms with Crippen molar-refractivity contribution in [1.82, 2.24) is 15.5 Å². The third-order valence-electron chi connectivity index (χ3n) is 7.72. The fourth-order valence-corrected chi connectivity index (χ4v) is 5.50. The summed E-state index contributed by atoms with van der Waals surface area (Å²) in [6.07, 6.45) is 5.07. The molecule has 4 aromatic rings. The number of unbranched alkanes of at least 4 members (excludes halogenated alkanes) is 1. The molecule has 4 heteroatoms. The molecule has 37 heavy (non-hydrogen) atoms. The van der Waals surface area contributed by atoms with Crippen molar-refractivity contribution in [2.75, 3.05) is 32.7 Å². The van der Waals surface area contributed by atoms with Crippen LogP contribution in [0.5, 0.6) is 0 Å². The van der Waals surface area contributed by atoms with Gasteiger partial charge in [0, 0.05) is 19.6 Å². The predicted molar refractivity (Wildman–Crippen MR) is 155 cm³/mol. The molecule has 0 aliphatic carbocycles. The van der Waals surface area contributed by atoms with Gasteiger partial charge in [-0.1, -0.05) is 78.9 Å². The minimum absolute atomic E-state index is 0.263. The van der Waals surface area contributed by atoms with E-state index in [0.717, 1.165) is 57.7 Å². The smallest absolute Gasteiger partial charge is 0.227 e. The lowest BCUT2D eigenvalue weighted by Crippen LogP contribution is -2.41. The van der Waals surface area contributed by atoms with Gasteiger partial charge in [-0.2, -0.15) is 0 Å². The van der Waals surface area contributed by atoms with Crippen LogP contribution in [0.15, 0.2) is 84.9 Å². The van der Waals surface area contributed by atoms with Gasteiger partial charge in [-0.25, -0.2) is 0 Å². The highest BCUT2D eigenvalue weighted by Gasteiger charge is 2.22. The second kappa shape index (κ2) is 12.8. The first-order valence-corrected chi connectivity index (χ1v) is 13.9. The second-order valence-corrected chi connectivity index (χ2v) is 10.4. The normalized spacial score (nSPS) is 14.4. The van der Waals surface area contributed by atoms with Crippen LogP contribution < -0.4 is 10.6 Å². The number of fused-ring (bicyclic) bond motifs is 2. The van der Waals surface area contributed by atoms with Crippen LogP contribution in [0.4, 0.5) is 0 Å². The van der Waals surface area contributed by atoms with Gasteiger partial charge in [0.15, 0.2) is 0 Å². The summed E-state index contributed by atoms with van der Waals surface area (Å²) in [5.41, 5.74) is 2.48. The summed E-state index contributed by atoms with van der Waals surface area (Å²) < 4.78 is 0. The van der Waals surface area contributed by atoms with E-state index < -0.39 is 0 Å². The lowest BCUT2D eigenvalue weighted by atomic mass is 9.95. The summed E-state index contributed by atoms with van der Waals surface area (Å²) in [6, 6.07) is 29.9. The molecule has 1 aliphatic rings. The number of carbonyl (C=O) groups is 1. The van der Waals surface area contributed by atoms with Crippen molar-refractivity contribution in [3.8, 4) is 0 Å². The maximum absolute atomic E-state index is 13.0. The summed E-state index contributed by atoms with van der Waals surface area (Å²) >= 11 is 0. The van der Waals surface area contributed by atoms with Crippen molar-refractivity contribution >= 4 is 27.5 Å². The molecule has 0 aromatic heterocycles. The number of piperidine rings is 1. The van der Waals surface area contributed by atoms with Crippen LogP contribution in [0.1, 0.15) is 36.8 Å². The molecule has 0 atom stereocenters. The molecule has 0 bridgehead atoms. The highest BCUT2D eigenvalue weighted by Crippen LogP contribution is 2.22. The average molecular weight is 494 g/mol. The Bertz CT molecular complexity index is 1300. The topological polar surface area (TPSA) is 44.4 Å². The number of nitrogens with one attached hydrogen (secondary N) is 2. The SMILES string of the molecule is O=C(Cc1cccc2ccccc12)N1CCC(CNCCCCNCc2ccc3ccccc3c2)CC1. The van der Waals surface area contributed by atoms with Crippen LogP contribution in [-0.2, 0) is 17.8 Å². The molecule has 1 heterocycles. The lowest BCUT2D eigenvalue weighted by molar-refractivity contribution is -0.131. The quantitative estimate of drug-likeness (QED) is 0.254. The summed E-state index contributed by atoms with van der Waals surface area (Å²) in [7, 11) is 0. The molecule has 0 unspecified atom stereocenters. The molecule has 4 aromatic carbocycles. The third-order valence-corrected chi connectivity index (χ3v) is 7.72. The molecule has 0 saturated carbocycles. The fraction of sp³-hybridized carbons (Fsp3) is 0.364. The molecule has 1 amide bonds. The van der Waals surface area contributed by atoms with E-state index in [4.69, 9.17) is 0 Å². The monoisotopic (exact) mass is 493 g/mol. The Morgan fingerprint density at radius 1 is 0.757 bits per heavy atom. The van der Waals surface area contributed by atoms with Crippen LogP contribution in [0.2, 0.25) is 0 Å². The van der Waals surface area contributed by atoms with Crippen LogP contribution in [0, 0.1) is 5.92 Å². The Kier molecular flexibility index (Phi) is 8.83. The van der Waals surface area contributed by atoms with Gasteiger partial charge in [0.05, 0.1) is 6.42 Å². The summed E-state index contributed by atoms with van der Waals surface area (Å²) in [6.45, 7) is 5.87. The summed E-state index contributed by atoms with van der Waals surface area (Å²) in [5, 5.41) is 12.3. The first-order valence-electron chi connectivity index (χ1n) is 13.9. The predicted octanol–water partition coefficient (Wildman–Crippen LogP) is 5.93. The van der Waals surface area contributed by atoms with E-state index in [2.05, 4.69) is 100 Å². The molecule has 2 N–H and O–H groups in total. The van der Waals surface area contributed by atoms with Crippen molar-refractivity contribution in [3.63, 3.8) is 0 Å². The van der Waals surface area contributed by atoms with Crippen molar-refractivity contribution < 1.29 is 4.79 Å². The molecule has 192 valence electrons. The van der Waals surface area contributed by atoms with Gasteiger partial charge < -0.3 is 15.5 Å². The summed E-state index contributed by atoms with van der Waals surface area (Å²) in [5.74, 6) is 0.937. The molecule has 4 nitrogen and oxygen atoms in total. The van der Waals surface area contributed by atoms with Crippen LogP contribution in [-0.4, -0.2) is 43.5 Å². The average Bonchev–Trinajstić information content (AvgIpc) is 2.95. The Morgan fingerprint density at radius 2 is 1.46 bits per heavy atom. The zero-order chi connectivity index (χ0) is 25.3. The standard InChI is InChI=1S/C33H39N3O/c37-33(23-31-12-7-11-29-9-3-4-13-32(29)31)36-20-16-26(17-21-36)24-34-18-5-6-19-35-25-27-14-15-28-8-1-2-10-30(28)22-27/h1-4,7-15,22,26,34-35H,5-6,16-21,23-25H2. The maximum Gasteiger partial charge on any atom is 0.227 e. The largest absolute Gasteiger partial charge is 0.342 e. The third kappa shape index (κ3) is 6.97. The fourth-order valence-electron chi connectivity index (χ4n) is 5.50.